The van der Waals surface area contributed by atoms with Crippen LogP contribution in [0.1, 0.15) is 44.9 Å². The summed E-state index contributed by atoms with van der Waals surface area (Å²) in [7, 11) is 0. The zero-order valence-corrected chi connectivity index (χ0v) is 18.1. The Morgan fingerprint density at radius 1 is 1.04 bits per heavy atom. The Morgan fingerprint density at radius 3 is 2.43 bits per heavy atom. The molecular formula is C21H27F3IN3. The van der Waals surface area contributed by atoms with E-state index in [0.717, 1.165) is 23.9 Å². The molecule has 2 fully saturated rings. The maximum absolute atomic E-state index is 12.9. The van der Waals surface area contributed by atoms with Gasteiger partial charge in [0.1, 0.15) is 6.54 Å². The fourth-order valence-electron chi connectivity index (χ4n) is 4.81. The molecule has 3 nitrogen and oxygen atoms in total. The molecule has 1 N–H and O–H groups in total. The summed E-state index contributed by atoms with van der Waals surface area (Å²) in [5.41, 5.74) is 1.60. The Morgan fingerprint density at radius 2 is 1.75 bits per heavy atom. The van der Waals surface area contributed by atoms with Crippen molar-refractivity contribution >= 4 is 39.2 Å². The first-order valence-electron chi connectivity index (χ1n) is 10.3. The van der Waals surface area contributed by atoms with Gasteiger partial charge >= 0.3 is 6.18 Å². The second kappa shape index (κ2) is 8.42. The first-order chi connectivity index (χ1) is 13.4. The van der Waals surface area contributed by atoms with E-state index in [9.17, 15) is 13.2 Å². The van der Waals surface area contributed by atoms with Crippen molar-refractivity contribution in [3.05, 3.63) is 28.0 Å². The van der Waals surface area contributed by atoms with E-state index < -0.39 is 12.7 Å². The van der Waals surface area contributed by atoms with E-state index in [1.165, 1.54) is 49.8 Å². The van der Waals surface area contributed by atoms with Gasteiger partial charge in [-0.3, -0.25) is 0 Å². The standard InChI is InChI=1S/C21H27F3IN3/c22-21(23,24)14-28-19-6-4-5-18(17(19)13-20(28)25)26-15-7-9-16(10-8-15)27-11-2-1-3-12-27/h4-6,13,15-16,26H,1-3,7-12,14H2. The highest BCUT2D eigenvalue weighted by molar-refractivity contribution is 14.1. The molecule has 1 saturated carbocycles. The Labute approximate surface area is 177 Å². The van der Waals surface area contributed by atoms with Crippen LogP contribution < -0.4 is 5.32 Å². The molecular weight excluding hydrogens is 478 g/mol. The molecule has 0 spiro atoms. The molecule has 0 unspecified atom stereocenters. The third-order valence-electron chi connectivity index (χ3n) is 6.20. The van der Waals surface area contributed by atoms with Crippen molar-refractivity contribution in [2.45, 2.75) is 69.8 Å². The first-order valence-corrected chi connectivity index (χ1v) is 11.3. The van der Waals surface area contributed by atoms with Gasteiger partial charge in [0.2, 0.25) is 0 Å². The summed E-state index contributed by atoms with van der Waals surface area (Å²) in [4.78, 5) is 2.67. The summed E-state index contributed by atoms with van der Waals surface area (Å²) in [5.74, 6) is 0. The van der Waals surface area contributed by atoms with Crippen molar-refractivity contribution in [2.75, 3.05) is 18.4 Å². The van der Waals surface area contributed by atoms with Gasteiger partial charge in [0.05, 0.1) is 9.22 Å². The average Bonchev–Trinajstić information content (AvgIpc) is 2.98. The monoisotopic (exact) mass is 505 g/mol. The van der Waals surface area contributed by atoms with Crippen LogP contribution in [0.15, 0.2) is 24.3 Å². The van der Waals surface area contributed by atoms with Crippen LogP contribution >= 0.6 is 22.6 Å². The third-order valence-corrected chi connectivity index (χ3v) is 7.09. The predicted molar refractivity (Wildman–Crippen MR) is 116 cm³/mol. The second-order valence-electron chi connectivity index (χ2n) is 8.15. The fraction of sp³-hybridized carbons (Fsp3) is 0.619. The average molecular weight is 505 g/mol. The summed E-state index contributed by atoms with van der Waals surface area (Å²) in [5, 5.41) is 4.52. The fourth-order valence-corrected chi connectivity index (χ4v) is 5.55. The van der Waals surface area contributed by atoms with Gasteiger partial charge in [0.15, 0.2) is 0 Å². The lowest BCUT2D eigenvalue weighted by atomic mass is 9.89. The zero-order valence-electron chi connectivity index (χ0n) is 15.9. The van der Waals surface area contributed by atoms with Gasteiger partial charge in [0, 0.05) is 23.2 Å². The van der Waals surface area contributed by atoms with Gasteiger partial charge in [-0.2, -0.15) is 13.2 Å². The van der Waals surface area contributed by atoms with Crippen LogP contribution in [0.4, 0.5) is 18.9 Å². The lowest BCUT2D eigenvalue weighted by Gasteiger charge is -2.39. The number of hydrogen-bond acceptors (Lipinski definition) is 2. The van der Waals surface area contributed by atoms with Gasteiger partial charge < -0.3 is 14.8 Å². The lowest BCUT2D eigenvalue weighted by Crippen LogP contribution is -2.43. The normalized spacial score (nSPS) is 24.6. The summed E-state index contributed by atoms with van der Waals surface area (Å²) >= 11 is 2.00. The number of hydrogen-bond donors (Lipinski definition) is 1. The van der Waals surface area contributed by atoms with Gasteiger partial charge in [-0.15, -0.1) is 0 Å². The Kier molecular flexibility index (Phi) is 6.11. The molecule has 1 saturated heterocycles. The highest BCUT2D eigenvalue weighted by Crippen LogP contribution is 2.33. The van der Waals surface area contributed by atoms with Gasteiger partial charge in [-0.1, -0.05) is 12.5 Å². The Hall–Kier alpha value is -0.960. The minimum Gasteiger partial charge on any atom is -0.382 e. The van der Waals surface area contributed by atoms with Crippen LogP contribution in [0.5, 0.6) is 0 Å². The molecule has 154 valence electrons. The number of rotatable bonds is 4. The molecule has 2 aliphatic rings. The van der Waals surface area contributed by atoms with Crippen molar-refractivity contribution in [1.82, 2.24) is 9.47 Å². The topological polar surface area (TPSA) is 20.2 Å². The molecule has 0 atom stereocenters. The van der Waals surface area contributed by atoms with E-state index in [4.69, 9.17) is 0 Å². The highest BCUT2D eigenvalue weighted by atomic mass is 127. The predicted octanol–water partition coefficient (Wildman–Crippen LogP) is 6.02. The summed E-state index contributed by atoms with van der Waals surface area (Å²) in [6.45, 7) is 1.54. The molecule has 4 rings (SSSR count). The Balaban J connectivity index is 1.45. The van der Waals surface area contributed by atoms with Gasteiger partial charge in [-0.05, 0) is 92.4 Å². The van der Waals surface area contributed by atoms with Crippen molar-refractivity contribution in [2.24, 2.45) is 0 Å². The minimum absolute atomic E-state index is 0.398. The molecule has 1 aromatic carbocycles. The molecule has 7 heteroatoms. The number of halogens is 4. The molecule has 28 heavy (non-hydrogen) atoms. The summed E-state index contributed by atoms with van der Waals surface area (Å²) in [6.07, 6.45) is 4.46. The number of piperidine rings is 1. The summed E-state index contributed by atoms with van der Waals surface area (Å²) in [6, 6.07) is 8.60. The van der Waals surface area contributed by atoms with Crippen LogP contribution in [0.3, 0.4) is 0 Å². The SMILES string of the molecule is FC(F)(F)Cn1c(I)cc2c(NC3CCC(N4CCCCC4)CC3)cccc21. The van der Waals surface area contributed by atoms with Crippen LogP contribution in [-0.2, 0) is 6.54 Å². The zero-order chi connectivity index (χ0) is 19.7. The van der Waals surface area contributed by atoms with E-state index in [2.05, 4.69) is 10.2 Å². The number of alkyl halides is 3. The molecule has 1 aliphatic heterocycles. The van der Waals surface area contributed by atoms with Crippen molar-refractivity contribution in [1.29, 1.82) is 0 Å². The van der Waals surface area contributed by atoms with Crippen LogP contribution in [0.2, 0.25) is 0 Å². The van der Waals surface area contributed by atoms with Gasteiger partial charge in [-0.25, -0.2) is 0 Å². The van der Waals surface area contributed by atoms with Crippen molar-refractivity contribution < 1.29 is 13.2 Å². The van der Waals surface area contributed by atoms with E-state index in [-0.39, 0.29) is 0 Å². The minimum atomic E-state index is -4.22. The molecule has 2 heterocycles. The van der Waals surface area contributed by atoms with Crippen molar-refractivity contribution in [3.8, 4) is 0 Å². The molecule has 0 bridgehead atoms. The first kappa shape index (κ1) is 20.3. The summed E-state index contributed by atoms with van der Waals surface area (Å²) < 4.78 is 40.8. The van der Waals surface area contributed by atoms with Gasteiger partial charge in [0.25, 0.3) is 0 Å². The molecule has 0 amide bonds. The second-order valence-corrected chi connectivity index (χ2v) is 9.26. The van der Waals surface area contributed by atoms with E-state index >= 15 is 0 Å². The Bertz CT molecular complexity index is 803. The number of likely N-dealkylation sites (tertiary alicyclic amines) is 1. The van der Waals surface area contributed by atoms with E-state index in [1.54, 1.807) is 6.07 Å². The molecule has 1 aliphatic carbocycles. The largest absolute Gasteiger partial charge is 0.406 e. The maximum atomic E-state index is 12.9. The number of nitrogens with zero attached hydrogens (tertiary/aromatic N) is 2. The maximum Gasteiger partial charge on any atom is 0.406 e. The number of nitrogens with one attached hydrogen (secondary N) is 1. The molecule has 0 radical (unpaired) electrons. The molecule has 2 aromatic rings. The number of benzene rings is 1. The van der Waals surface area contributed by atoms with Crippen LogP contribution in [0, 0.1) is 3.70 Å². The third kappa shape index (κ3) is 4.61. The van der Waals surface area contributed by atoms with E-state index in [0.29, 0.717) is 21.3 Å². The van der Waals surface area contributed by atoms with Crippen molar-refractivity contribution in [3.63, 3.8) is 0 Å². The van der Waals surface area contributed by atoms with Crippen LogP contribution in [0.25, 0.3) is 10.9 Å². The number of anilines is 1. The quantitative estimate of drug-likeness (QED) is 0.514. The smallest absolute Gasteiger partial charge is 0.382 e. The molecule has 1 aromatic heterocycles. The number of aromatic nitrogens is 1. The lowest BCUT2D eigenvalue weighted by molar-refractivity contribution is -0.140. The highest BCUT2D eigenvalue weighted by Gasteiger charge is 2.30. The van der Waals surface area contributed by atoms with Crippen LogP contribution in [-0.4, -0.2) is 40.8 Å². The van der Waals surface area contributed by atoms with E-state index in [1.807, 2.05) is 40.8 Å². The number of fused-ring (bicyclic) bond motifs is 1.